The standard InChI is InChI=1S/C12H16BrNO/c1-15-12-8-9(13)5-6-10(12)11-4-2-3-7-14-11/h5-6,8,11,14H,2-4,7H2,1H3/t11-/m1/s1. The predicted molar refractivity (Wildman–Crippen MR) is 65.3 cm³/mol. The summed E-state index contributed by atoms with van der Waals surface area (Å²) in [5.41, 5.74) is 1.28. The van der Waals surface area contributed by atoms with E-state index in [2.05, 4.69) is 33.4 Å². The van der Waals surface area contributed by atoms with Gasteiger partial charge in [0.25, 0.3) is 0 Å². The monoisotopic (exact) mass is 269 g/mol. The first-order valence-corrected chi connectivity index (χ1v) is 6.17. The number of hydrogen-bond donors (Lipinski definition) is 1. The summed E-state index contributed by atoms with van der Waals surface area (Å²) in [6, 6.07) is 6.72. The second kappa shape index (κ2) is 4.99. The number of nitrogens with one attached hydrogen (secondary N) is 1. The molecule has 2 rings (SSSR count). The second-order valence-corrected chi connectivity index (χ2v) is 4.80. The van der Waals surface area contributed by atoms with E-state index in [1.807, 2.05) is 6.07 Å². The molecule has 1 atom stereocenters. The zero-order chi connectivity index (χ0) is 10.7. The molecule has 15 heavy (non-hydrogen) atoms. The van der Waals surface area contributed by atoms with Gasteiger partial charge in [-0.25, -0.2) is 0 Å². The molecule has 1 aromatic carbocycles. The average Bonchev–Trinajstić information content (AvgIpc) is 2.30. The molecule has 1 aliphatic rings. The summed E-state index contributed by atoms with van der Waals surface area (Å²) in [7, 11) is 1.73. The third-order valence-electron chi connectivity index (χ3n) is 2.88. The van der Waals surface area contributed by atoms with Crippen LogP contribution in [0.5, 0.6) is 5.75 Å². The van der Waals surface area contributed by atoms with E-state index in [0.717, 1.165) is 16.8 Å². The van der Waals surface area contributed by atoms with E-state index >= 15 is 0 Å². The molecular formula is C12H16BrNO. The van der Waals surface area contributed by atoms with Crippen molar-refractivity contribution in [2.45, 2.75) is 25.3 Å². The molecule has 82 valence electrons. The topological polar surface area (TPSA) is 21.3 Å². The van der Waals surface area contributed by atoms with Gasteiger partial charge in [0.15, 0.2) is 0 Å². The van der Waals surface area contributed by atoms with Crippen LogP contribution in [0, 0.1) is 0 Å². The smallest absolute Gasteiger partial charge is 0.124 e. The quantitative estimate of drug-likeness (QED) is 0.890. The average molecular weight is 270 g/mol. The lowest BCUT2D eigenvalue weighted by Gasteiger charge is -2.25. The van der Waals surface area contributed by atoms with Gasteiger partial charge in [-0.1, -0.05) is 28.4 Å². The van der Waals surface area contributed by atoms with Crippen molar-refractivity contribution in [3.05, 3.63) is 28.2 Å². The molecule has 0 aliphatic carbocycles. The Morgan fingerprint density at radius 3 is 2.93 bits per heavy atom. The Hall–Kier alpha value is -0.540. The van der Waals surface area contributed by atoms with E-state index in [4.69, 9.17) is 4.74 Å². The number of benzene rings is 1. The first kappa shape index (κ1) is 11.0. The minimum absolute atomic E-state index is 0.460. The highest BCUT2D eigenvalue weighted by atomic mass is 79.9. The summed E-state index contributed by atoms with van der Waals surface area (Å²) < 4.78 is 6.48. The van der Waals surface area contributed by atoms with Crippen LogP contribution in [0.4, 0.5) is 0 Å². The summed E-state index contributed by atoms with van der Waals surface area (Å²) in [4.78, 5) is 0. The Kier molecular flexibility index (Phi) is 3.65. The fourth-order valence-electron chi connectivity index (χ4n) is 2.09. The molecule has 1 saturated heterocycles. The van der Waals surface area contributed by atoms with Crippen LogP contribution in [-0.4, -0.2) is 13.7 Å². The lowest BCUT2D eigenvalue weighted by atomic mass is 9.97. The molecule has 2 nitrogen and oxygen atoms in total. The Morgan fingerprint density at radius 2 is 2.27 bits per heavy atom. The van der Waals surface area contributed by atoms with Gasteiger partial charge in [-0.15, -0.1) is 0 Å². The van der Waals surface area contributed by atoms with Gasteiger partial charge in [-0.3, -0.25) is 0 Å². The van der Waals surface area contributed by atoms with Crippen LogP contribution in [0.1, 0.15) is 30.9 Å². The number of rotatable bonds is 2. The summed E-state index contributed by atoms with van der Waals surface area (Å²) in [6.45, 7) is 1.11. The van der Waals surface area contributed by atoms with E-state index in [-0.39, 0.29) is 0 Å². The van der Waals surface area contributed by atoms with Gasteiger partial charge in [0.05, 0.1) is 7.11 Å². The van der Waals surface area contributed by atoms with Crippen molar-refractivity contribution in [2.24, 2.45) is 0 Å². The molecule has 0 bridgehead atoms. The van der Waals surface area contributed by atoms with E-state index in [1.165, 1.54) is 24.8 Å². The highest BCUT2D eigenvalue weighted by molar-refractivity contribution is 9.10. The van der Waals surface area contributed by atoms with Crippen molar-refractivity contribution in [3.8, 4) is 5.75 Å². The van der Waals surface area contributed by atoms with Crippen LogP contribution in [0.15, 0.2) is 22.7 Å². The summed E-state index contributed by atoms with van der Waals surface area (Å²) in [6.07, 6.45) is 3.80. The first-order valence-electron chi connectivity index (χ1n) is 5.38. The minimum Gasteiger partial charge on any atom is -0.496 e. The number of halogens is 1. The Labute approximate surface area is 99.1 Å². The molecule has 0 unspecified atom stereocenters. The zero-order valence-electron chi connectivity index (χ0n) is 8.92. The van der Waals surface area contributed by atoms with Crippen molar-refractivity contribution in [3.63, 3.8) is 0 Å². The number of ether oxygens (including phenoxy) is 1. The fourth-order valence-corrected chi connectivity index (χ4v) is 2.43. The number of piperidine rings is 1. The van der Waals surface area contributed by atoms with E-state index < -0.39 is 0 Å². The summed E-state index contributed by atoms with van der Waals surface area (Å²) in [5, 5.41) is 3.53. The number of methoxy groups -OCH3 is 1. The maximum absolute atomic E-state index is 5.41. The lowest BCUT2D eigenvalue weighted by molar-refractivity contribution is 0.373. The molecule has 0 spiro atoms. The van der Waals surface area contributed by atoms with Crippen LogP contribution < -0.4 is 10.1 Å². The molecule has 0 saturated carbocycles. The maximum atomic E-state index is 5.41. The Bertz CT molecular complexity index is 334. The molecule has 1 heterocycles. The maximum Gasteiger partial charge on any atom is 0.124 e. The molecule has 0 radical (unpaired) electrons. The van der Waals surface area contributed by atoms with Crippen LogP contribution in [0.3, 0.4) is 0 Å². The second-order valence-electron chi connectivity index (χ2n) is 3.89. The zero-order valence-corrected chi connectivity index (χ0v) is 10.5. The normalized spacial score (nSPS) is 21.3. The van der Waals surface area contributed by atoms with Crippen LogP contribution in [0.25, 0.3) is 0 Å². The van der Waals surface area contributed by atoms with Gasteiger partial charge in [-0.05, 0) is 31.5 Å². The van der Waals surface area contributed by atoms with Gasteiger partial charge >= 0.3 is 0 Å². The Balaban J connectivity index is 2.25. The first-order chi connectivity index (χ1) is 7.31. The molecule has 0 amide bonds. The predicted octanol–water partition coefficient (Wildman–Crippen LogP) is 3.27. The van der Waals surface area contributed by atoms with Crippen molar-refractivity contribution in [1.29, 1.82) is 0 Å². The largest absolute Gasteiger partial charge is 0.496 e. The van der Waals surface area contributed by atoms with Crippen molar-refractivity contribution < 1.29 is 4.74 Å². The summed E-state index contributed by atoms with van der Waals surface area (Å²) in [5.74, 6) is 0.976. The van der Waals surface area contributed by atoms with Crippen molar-refractivity contribution >= 4 is 15.9 Å². The lowest BCUT2D eigenvalue weighted by Crippen LogP contribution is -2.27. The van der Waals surface area contributed by atoms with Crippen LogP contribution in [0.2, 0.25) is 0 Å². The molecule has 1 N–H and O–H groups in total. The molecule has 1 fully saturated rings. The molecule has 1 aromatic rings. The van der Waals surface area contributed by atoms with E-state index in [9.17, 15) is 0 Å². The van der Waals surface area contributed by atoms with Crippen LogP contribution in [-0.2, 0) is 0 Å². The minimum atomic E-state index is 0.460. The Morgan fingerprint density at radius 1 is 1.40 bits per heavy atom. The summed E-state index contributed by atoms with van der Waals surface area (Å²) >= 11 is 3.46. The molecule has 0 aromatic heterocycles. The van der Waals surface area contributed by atoms with Gasteiger partial charge in [0.2, 0.25) is 0 Å². The van der Waals surface area contributed by atoms with Gasteiger partial charge in [0, 0.05) is 16.1 Å². The molecular weight excluding hydrogens is 254 g/mol. The van der Waals surface area contributed by atoms with Crippen molar-refractivity contribution in [1.82, 2.24) is 5.32 Å². The SMILES string of the molecule is COc1cc(Br)ccc1[C@H]1CCCCN1. The third-order valence-corrected chi connectivity index (χ3v) is 3.37. The number of hydrogen-bond acceptors (Lipinski definition) is 2. The molecule has 3 heteroatoms. The highest BCUT2D eigenvalue weighted by Crippen LogP contribution is 2.32. The van der Waals surface area contributed by atoms with Crippen LogP contribution >= 0.6 is 15.9 Å². The van der Waals surface area contributed by atoms with E-state index in [0.29, 0.717) is 6.04 Å². The fraction of sp³-hybridized carbons (Fsp3) is 0.500. The van der Waals surface area contributed by atoms with Crippen molar-refractivity contribution in [2.75, 3.05) is 13.7 Å². The van der Waals surface area contributed by atoms with Gasteiger partial charge in [-0.2, -0.15) is 0 Å². The molecule has 1 aliphatic heterocycles. The van der Waals surface area contributed by atoms with Gasteiger partial charge < -0.3 is 10.1 Å². The third kappa shape index (κ3) is 2.52. The van der Waals surface area contributed by atoms with E-state index in [1.54, 1.807) is 7.11 Å². The highest BCUT2D eigenvalue weighted by Gasteiger charge is 2.18. The van der Waals surface area contributed by atoms with Gasteiger partial charge in [0.1, 0.15) is 5.75 Å².